The van der Waals surface area contributed by atoms with E-state index in [1.54, 1.807) is 13.8 Å². The van der Waals surface area contributed by atoms with Gasteiger partial charge in [0.15, 0.2) is 23.3 Å². The highest BCUT2D eigenvalue weighted by atomic mass is 28.2. The van der Waals surface area contributed by atoms with Crippen LogP contribution in [0, 0.1) is 29.1 Å². The Balaban J connectivity index is 2.94. The van der Waals surface area contributed by atoms with Crippen LogP contribution in [0.3, 0.4) is 0 Å². The molecule has 3 nitrogen and oxygen atoms in total. The van der Waals surface area contributed by atoms with Crippen LogP contribution in [0.15, 0.2) is 0 Å². The molecule has 118 valence electrons. The summed E-state index contributed by atoms with van der Waals surface area (Å²) in [6, 6.07) is 0. The quantitative estimate of drug-likeness (QED) is 0.386. The van der Waals surface area contributed by atoms with Crippen molar-refractivity contribution in [1.29, 1.82) is 0 Å². The van der Waals surface area contributed by atoms with Gasteiger partial charge in [0, 0.05) is 6.54 Å². The van der Waals surface area contributed by atoms with Crippen molar-refractivity contribution in [2.45, 2.75) is 25.9 Å². The average molecular weight is 327 g/mol. The van der Waals surface area contributed by atoms with Crippen molar-refractivity contribution in [2.24, 2.45) is 0 Å². The van der Waals surface area contributed by atoms with E-state index in [0.717, 1.165) is 0 Å². The van der Waals surface area contributed by atoms with Crippen molar-refractivity contribution in [1.82, 2.24) is 5.32 Å². The lowest BCUT2D eigenvalue weighted by Gasteiger charge is -2.23. The molecule has 0 aliphatic carbocycles. The van der Waals surface area contributed by atoms with Gasteiger partial charge in [0.1, 0.15) is 16.0 Å². The SMILES string of the molecule is CC(C)(CCNC(=O)c1c(F)c(F)c(F)c(F)c1F)O[SiH3]. The fraction of sp³-hybridized carbons (Fsp3) is 0.417. The highest BCUT2D eigenvalue weighted by molar-refractivity contribution is 5.98. The molecule has 0 radical (unpaired) electrons. The van der Waals surface area contributed by atoms with Gasteiger partial charge < -0.3 is 9.74 Å². The number of nitrogens with one attached hydrogen (secondary N) is 1. The van der Waals surface area contributed by atoms with Gasteiger partial charge in [0.05, 0.1) is 5.60 Å². The second-order valence-electron chi connectivity index (χ2n) is 4.91. The van der Waals surface area contributed by atoms with E-state index in [-0.39, 0.29) is 6.54 Å². The zero-order valence-corrected chi connectivity index (χ0v) is 13.6. The first-order valence-electron chi connectivity index (χ1n) is 5.97. The highest BCUT2D eigenvalue weighted by Crippen LogP contribution is 2.23. The van der Waals surface area contributed by atoms with Gasteiger partial charge in [-0.1, -0.05) is 0 Å². The minimum absolute atomic E-state index is 0.0342. The number of carbonyl (C=O) groups excluding carboxylic acids is 1. The first-order chi connectivity index (χ1) is 9.62. The summed E-state index contributed by atoms with van der Waals surface area (Å²) in [5.41, 5.74) is -2.04. The third-order valence-corrected chi connectivity index (χ3v) is 4.11. The summed E-state index contributed by atoms with van der Waals surface area (Å²) in [6.07, 6.45) is 0.317. The van der Waals surface area contributed by atoms with Crippen molar-refractivity contribution in [3.63, 3.8) is 0 Å². The van der Waals surface area contributed by atoms with Gasteiger partial charge in [-0.15, -0.1) is 0 Å². The smallest absolute Gasteiger partial charge is 0.257 e. The molecule has 0 spiro atoms. The molecule has 1 aromatic rings. The van der Waals surface area contributed by atoms with E-state index in [2.05, 4.69) is 5.32 Å². The molecule has 0 saturated heterocycles. The molecule has 0 fully saturated rings. The number of benzene rings is 1. The third kappa shape index (κ3) is 3.79. The Bertz CT molecular complexity index is 536. The predicted octanol–water partition coefficient (Wildman–Crippen LogP) is 1.58. The van der Waals surface area contributed by atoms with Crippen LogP contribution in [-0.4, -0.2) is 28.5 Å². The minimum atomic E-state index is -2.30. The molecule has 1 amide bonds. The molecule has 0 atom stereocenters. The number of halogens is 5. The first-order valence-corrected chi connectivity index (χ1v) is 6.79. The summed E-state index contributed by atoms with van der Waals surface area (Å²) >= 11 is 0. The number of carbonyl (C=O) groups is 1. The molecule has 1 N–H and O–H groups in total. The van der Waals surface area contributed by atoms with Crippen LogP contribution in [0.1, 0.15) is 30.6 Å². The van der Waals surface area contributed by atoms with Gasteiger partial charge in [-0.2, -0.15) is 0 Å². The van der Waals surface area contributed by atoms with Gasteiger partial charge in [-0.3, -0.25) is 4.79 Å². The van der Waals surface area contributed by atoms with Crippen LogP contribution in [0.25, 0.3) is 0 Å². The van der Waals surface area contributed by atoms with E-state index in [9.17, 15) is 26.7 Å². The summed E-state index contributed by atoms with van der Waals surface area (Å²) in [5.74, 6) is -12.3. The highest BCUT2D eigenvalue weighted by Gasteiger charge is 2.29. The predicted molar refractivity (Wildman–Crippen MR) is 68.3 cm³/mol. The molecular formula is C12H14F5NO2Si. The Morgan fingerprint density at radius 1 is 1.05 bits per heavy atom. The Labute approximate surface area is 121 Å². The lowest BCUT2D eigenvalue weighted by atomic mass is 10.1. The second-order valence-corrected chi connectivity index (χ2v) is 5.32. The Hall–Kier alpha value is -1.48. The van der Waals surface area contributed by atoms with Crippen molar-refractivity contribution < 1.29 is 31.2 Å². The Morgan fingerprint density at radius 2 is 1.48 bits per heavy atom. The second kappa shape index (κ2) is 6.52. The van der Waals surface area contributed by atoms with E-state index in [4.69, 9.17) is 4.43 Å². The maximum atomic E-state index is 13.4. The van der Waals surface area contributed by atoms with Crippen molar-refractivity contribution in [3.05, 3.63) is 34.6 Å². The van der Waals surface area contributed by atoms with E-state index in [0.29, 0.717) is 16.9 Å². The summed E-state index contributed by atoms with van der Waals surface area (Å²) in [4.78, 5) is 11.6. The number of hydrogen-bond donors (Lipinski definition) is 1. The van der Waals surface area contributed by atoms with Crippen LogP contribution in [0.4, 0.5) is 22.0 Å². The van der Waals surface area contributed by atoms with Crippen molar-refractivity contribution in [3.8, 4) is 0 Å². The van der Waals surface area contributed by atoms with Crippen LogP contribution in [0.2, 0.25) is 0 Å². The lowest BCUT2D eigenvalue weighted by Crippen LogP contribution is -2.33. The molecule has 0 aliphatic heterocycles. The van der Waals surface area contributed by atoms with Gasteiger partial charge >= 0.3 is 0 Å². The third-order valence-electron chi connectivity index (χ3n) is 3.00. The number of amides is 1. The van der Waals surface area contributed by atoms with Gasteiger partial charge in [0.2, 0.25) is 5.82 Å². The Kier molecular flexibility index (Phi) is 5.46. The number of hydrogen-bond acceptors (Lipinski definition) is 2. The summed E-state index contributed by atoms with van der Waals surface area (Å²) < 4.78 is 70.7. The van der Waals surface area contributed by atoms with E-state index in [1.165, 1.54) is 0 Å². The van der Waals surface area contributed by atoms with Crippen molar-refractivity contribution in [2.75, 3.05) is 6.54 Å². The molecule has 9 heteroatoms. The van der Waals surface area contributed by atoms with Crippen LogP contribution >= 0.6 is 0 Å². The van der Waals surface area contributed by atoms with Crippen LogP contribution in [0.5, 0.6) is 0 Å². The molecule has 0 bridgehead atoms. The van der Waals surface area contributed by atoms with Gasteiger partial charge in [-0.25, -0.2) is 22.0 Å². The van der Waals surface area contributed by atoms with E-state index >= 15 is 0 Å². The fourth-order valence-electron chi connectivity index (χ4n) is 1.47. The summed E-state index contributed by atoms with van der Waals surface area (Å²) in [7, 11) is 0.456. The molecule has 1 rings (SSSR count). The average Bonchev–Trinajstić information content (AvgIpc) is 2.43. The first kappa shape index (κ1) is 17.6. The zero-order chi connectivity index (χ0) is 16.4. The standard InChI is InChI=1S/C12H14F5NO2Si/c1-12(2,20-21)3-4-18-11(19)5-6(13)8(15)10(17)9(16)7(5)14/h3-4H2,1-2,21H3,(H,18,19). The molecule has 0 saturated carbocycles. The monoisotopic (exact) mass is 327 g/mol. The van der Waals surface area contributed by atoms with Crippen molar-refractivity contribution >= 4 is 16.4 Å². The van der Waals surface area contributed by atoms with Gasteiger partial charge in [0.25, 0.3) is 5.91 Å². The molecule has 0 aliphatic rings. The fourth-order valence-corrected chi connectivity index (χ4v) is 1.68. The molecule has 0 unspecified atom stereocenters. The van der Waals surface area contributed by atoms with E-state index in [1.807, 2.05) is 0 Å². The lowest BCUT2D eigenvalue weighted by molar-refractivity contribution is 0.0901. The molecule has 21 heavy (non-hydrogen) atoms. The maximum absolute atomic E-state index is 13.4. The topological polar surface area (TPSA) is 38.3 Å². The maximum Gasteiger partial charge on any atom is 0.257 e. The number of rotatable bonds is 5. The molecular weight excluding hydrogens is 313 g/mol. The van der Waals surface area contributed by atoms with Crippen LogP contribution in [-0.2, 0) is 4.43 Å². The summed E-state index contributed by atoms with van der Waals surface area (Å²) in [5, 5.41) is 2.11. The summed E-state index contributed by atoms with van der Waals surface area (Å²) in [6.45, 7) is 3.45. The molecule has 0 heterocycles. The zero-order valence-electron chi connectivity index (χ0n) is 11.6. The Morgan fingerprint density at radius 3 is 1.90 bits per heavy atom. The minimum Gasteiger partial charge on any atom is -0.423 e. The normalized spacial score (nSPS) is 11.8. The largest absolute Gasteiger partial charge is 0.423 e. The van der Waals surface area contributed by atoms with Gasteiger partial charge in [-0.05, 0) is 20.3 Å². The van der Waals surface area contributed by atoms with Crippen LogP contribution < -0.4 is 5.32 Å². The molecule has 0 aromatic heterocycles. The van der Waals surface area contributed by atoms with E-state index < -0.39 is 46.2 Å². The molecule has 1 aromatic carbocycles.